The van der Waals surface area contributed by atoms with Crippen molar-refractivity contribution < 1.29 is 18.7 Å². The second-order valence-corrected chi connectivity index (χ2v) is 7.98. The molecule has 0 saturated heterocycles. The van der Waals surface area contributed by atoms with Gasteiger partial charge < -0.3 is 10.1 Å². The van der Waals surface area contributed by atoms with Crippen molar-refractivity contribution >= 4 is 40.4 Å². The number of carbonyl (C=O) groups excluding carboxylic acids is 2. The van der Waals surface area contributed by atoms with E-state index in [1.54, 1.807) is 36.4 Å². The number of nitrogens with zero attached hydrogens (tertiary/aromatic N) is 1. The predicted octanol–water partition coefficient (Wildman–Crippen LogP) is 5.09. The van der Waals surface area contributed by atoms with Crippen LogP contribution < -0.4 is 15.5 Å². The van der Waals surface area contributed by atoms with Crippen LogP contribution in [0.5, 0.6) is 5.75 Å². The van der Waals surface area contributed by atoms with Crippen molar-refractivity contribution in [2.75, 3.05) is 6.54 Å². The van der Waals surface area contributed by atoms with Crippen LogP contribution in [0.3, 0.4) is 0 Å². The summed E-state index contributed by atoms with van der Waals surface area (Å²) in [6.45, 7) is -0.0370. The monoisotopic (exact) mass is 489 g/mol. The largest absolute Gasteiger partial charge is 0.488 e. The summed E-state index contributed by atoms with van der Waals surface area (Å²) in [7, 11) is 0. The first-order chi connectivity index (χ1) is 17.0. The summed E-state index contributed by atoms with van der Waals surface area (Å²) in [6, 6.07) is 24.1. The molecule has 35 heavy (non-hydrogen) atoms. The zero-order chi connectivity index (χ0) is 24.6. The highest BCUT2D eigenvalue weighted by molar-refractivity contribution is 6.33. The molecule has 176 valence electrons. The molecule has 0 radical (unpaired) electrons. The predicted molar refractivity (Wildman–Crippen MR) is 134 cm³/mol. The molecule has 4 aromatic rings. The zero-order valence-corrected chi connectivity index (χ0v) is 19.3. The van der Waals surface area contributed by atoms with Gasteiger partial charge in [0.2, 0.25) is 0 Å². The van der Waals surface area contributed by atoms with Gasteiger partial charge in [0.05, 0.1) is 23.3 Å². The number of hydrogen-bond donors (Lipinski definition) is 2. The van der Waals surface area contributed by atoms with Crippen LogP contribution in [0, 0.1) is 5.82 Å². The number of carbonyl (C=O) groups is 2. The molecule has 0 unspecified atom stereocenters. The third kappa shape index (κ3) is 6.22. The molecule has 2 N–H and O–H groups in total. The van der Waals surface area contributed by atoms with Crippen LogP contribution in [-0.2, 0) is 11.4 Å². The maximum Gasteiger partial charge on any atom is 0.259 e. The van der Waals surface area contributed by atoms with Crippen molar-refractivity contribution in [3.8, 4) is 5.75 Å². The minimum atomic E-state index is -0.504. The molecule has 0 aliphatic rings. The van der Waals surface area contributed by atoms with E-state index in [1.165, 1.54) is 18.3 Å². The molecular weight excluding hydrogens is 469 g/mol. The molecule has 0 fully saturated rings. The average Bonchev–Trinajstić information content (AvgIpc) is 2.87. The van der Waals surface area contributed by atoms with Gasteiger partial charge in [-0.3, -0.25) is 9.59 Å². The first-order valence-electron chi connectivity index (χ1n) is 10.7. The smallest absolute Gasteiger partial charge is 0.259 e. The van der Waals surface area contributed by atoms with E-state index in [0.29, 0.717) is 16.3 Å². The van der Waals surface area contributed by atoms with E-state index >= 15 is 0 Å². The van der Waals surface area contributed by atoms with Crippen molar-refractivity contribution in [3.05, 3.63) is 112 Å². The minimum absolute atomic E-state index is 0.236. The van der Waals surface area contributed by atoms with Crippen LogP contribution in [0.1, 0.15) is 21.5 Å². The fourth-order valence-corrected chi connectivity index (χ4v) is 3.61. The van der Waals surface area contributed by atoms with Gasteiger partial charge in [-0.2, -0.15) is 5.10 Å². The lowest BCUT2D eigenvalue weighted by Gasteiger charge is -2.12. The van der Waals surface area contributed by atoms with E-state index < -0.39 is 11.8 Å². The Balaban J connectivity index is 1.44. The third-order valence-corrected chi connectivity index (χ3v) is 5.48. The van der Waals surface area contributed by atoms with Crippen molar-refractivity contribution in [1.82, 2.24) is 10.7 Å². The van der Waals surface area contributed by atoms with Gasteiger partial charge >= 0.3 is 0 Å². The van der Waals surface area contributed by atoms with E-state index in [2.05, 4.69) is 15.8 Å². The lowest BCUT2D eigenvalue weighted by molar-refractivity contribution is -0.120. The van der Waals surface area contributed by atoms with Gasteiger partial charge in [-0.1, -0.05) is 66.2 Å². The van der Waals surface area contributed by atoms with Crippen LogP contribution in [0.25, 0.3) is 10.8 Å². The molecule has 2 amide bonds. The highest BCUT2D eigenvalue weighted by atomic mass is 35.5. The maximum absolute atomic E-state index is 13.2. The Morgan fingerprint density at radius 3 is 2.49 bits per heavy atom. The van der Waals surface area contributed by atoms with Gasteiger partial charge in [0.25, 0.3) is 11.8 Å². The number of hydrogen-bond acceptors (Lipinski definition) is 4. The van der Waals surface area contributed by atoms with Crippen molar-refractivity contribution in [2.24, 2.45) is 5.10 Å². The number of hydrazone groups is 1. The summed E-state index contributed by atoms with van der Waals surface area (Å²) >= 11 is 6.01. The molecule has 0 atom stereocenters. The Bertz CT molecular complexity index is 1390. The lowest BCUT2D eigenvalue weighted by Crippen LogP contribution is -2.35. The summed E-state index contributed by atoms with van der Waals surface area (Å²) in [5, 5.41) is 8.72. The van der Waals surface area contributed by atoms with Crippen LogP contribution >= 0.6 is 11.6 Å². The van der Waals surface area contributed by atoms with Crippen molar-refractivity contribution in [3.63, 3.8) is 0 Å². The van der Waals surface area contributed by atoms with E-state index in [-0.39, 0.29) is 24.5 Å². The minimum Gasteiger partial charge on any atom is -0.488 e. The first kappa shape index (κ1) is 23.9. The van der Waals surface area contributed by atoms with Gasteiger partial charge in [-0.05, 0) is 46.7 Å². The Kier molecular flexibility index (Phi) is 7.70. The standard InChI is InChI=1S/C27H21ClFN3O3/c28-24-8-4-3-7-22(24)27(34)30-16-26(33)32-31-15-23-21-6-2-1-5-19(21)11-14-25(23)35-17-18-9-12-20(29)13-10-18/h1-15H,16-17H2,(H,30,34)(H,32,33)/b31-15-. The van der Waals surface area contributed by atoms with Crippen LogP contribution in [-0.4, -0.2) is 24.6 Å². The summed E-state index contributed by atoms with van der Waals surface area (Å²) in [6.07, 6.45) is 1.50. The highest BCUT2D eigenvalue weighted by Crippen LogP contribution is 2.27. The molecule has 0 aromatic heterocycles. The van der Waals surface area contributed by atoms with Crippen LogP contribution in [0.2, 0.25) is 5.02 Å². The first-order valence-corrected chi connectivity index (χ1v) is 11.1. The van der Waals surface area contributed by atoms with Crippen molar-refractivity contribution in [1.29, 1.82) is 0 Å². The number of rotatable bonds is 8. The molecule has 0 saturated carbocycles. The number of ether oxygens (including phenoxy) is 1. The summed E-state index contributed by atoms with van der Waals surface area (Å²) in [5.41, 5.74) is 4.17. The quantitative estimate of drug-likeness (QED) is 0.267. The molecule has 0 aliphatic heterocycles. The van der Waals surface area contributed by atoms with Gasteiger partial charge in [0, 0.05) is 5.56 Å². The molecule has 4 aromatic carbocycles. The molecule has 4 rings (SSSR count). The number of benzene rings is 4. The summed E-state index contributed by atoms with van der Waals surface area (Å²) < 4.78 is 19.1. The normalized spacial score (nSPS) is 10.9. The molecule has 6 nitrogen and oxygen atoms in total. The third-order valence-electron chi connectivity index (χ3n) is 5.15. The van der Waals surface area contributed by atoms with Crippen LogP contribution in [0.4, 0.5) is 4.39 Å². The lowest BCUT2D eigenvalue weighted by atomic mass is 10.0. The topological polar surface area (TPSA) is 79.8 Å². The maximum atomic E-state index is 13.2. The SMILES string of the molecule is O=C(CNC(=O)c1ccccc1Cl)N/N=C\c1c(OCc2ccc(F)cc2)ccc2ccccc12. The average molecular weight is 490 g/mol. The summed E-state index contributed by atoms with van der Waals surface area (Å²) in [5.74, 6) is -0.722. The van der Waals surface area contributed by atoms with Gasteiger partial charge in [0.15, 0.2) is 0 Å². The van der Waals surface area contributed by atoms with Crippen molar-refractivity contribution in [2.45, 2.75) is 6.61 Å². The second kappa shape index (κ2) is 11.3. The van der Waals surface area contributed by atoms with Crippen LogP contribution in [0.15, 0.2) is 90.0 Å². The van der Waals surface area contributed by atoms with Gasteiger partial charge in [0.1, 0.15) is 18.2 Å². The molecule has 8 heteroatoms. The highest BCUT2D eigenvalue weighted by Gasteiger charge is 2.11. The molecule has 0 bridgehead atoms. The second-order valence-electron chi connectivity index (χ2n) is 7.57. The van der Waals surface area contributed by atoms with Gasteiger partial charge in [-0.15, -0.1) is 0 Å². The van der Waals surface area contributed by atoms with Gasteiger partial charge in [-0.25, -0.2) is 9.82 Å². The number of nitrogens with one attached hydrogen (secondary N) is 2. The van der Waals surface area contributed by atoms with E-state index in [4.69, 9.17) is 16.3 Å². The number of fused-ring (bicyclic) bond motifs is 1. The molecule has 0 heterocycles. The fraction of sp³-hybridized carbons (Fsp3) is 0.0741. The Morgan fingerprint density at radius 2 is 1.69 bits per heavy atom. The zero-order valence-electron chi connectivity index (χ0n) is 18.5. The van der Waals surface area contributed by atoms with E-state index in [1.807, 2.05) is 36.4 Å². The summed E-state index contributed by atoms with van der Waals surface area (Å²) in [4.78, 5) is 24.4. The number of amides is 2. The molecule has 0 aliphatic carbocycles. The fourth-order valence-electron chi connectivity index (χ4n) is 3.39. The molecule has 0 spiro atoms. The van der Waals surface area contributed by atoms with E-state index in [0.717, 1.165) is 16.3 Å². The number of halogens is 2. The Morgan fingerprint density at radius 1 is 0.943 bits per heavy atom. The Labute approximate surface area is 206 Å². The van der Waals surface area contributed by atoms with E-state index in [9.17, 15) is 14.0 Å². The Hall–Kier alpha value is -4.23. The molecular formula is C27H21ClFN3O3.